The number of aromatic nitrogens is 2. The minimum absolute atomic E-state index is 0.107. The Kier molecular flexibility index (Phi) is 6.44. The number of carbonyl (C=O) groups excluding carboxylic acids is 1. The van der Waals surface area contributed by atoms with Gasteiger partial charge in [-0.1, -0.05) is 47.1 Å². The summed E-state index contributed by atoms with van der Waals surface area (Å²) in [6.07, 6.45) is 2.29. The lowest BCUT2D eigenvalue weighted by Crippen LogP contribution is -2.49. The number of hydrogen-bond donors (Lipinski definition) is 1. The molecule has 7 nitrogen and oxygen atoms in total. The summed E-state index contributed by atoms with van der Waals surface area (Å²) in [4.78, 5) is 21.5. The molecule has 8 heteroatoms. The Bertz CT molecular complexity index is 1070. The molecular formula is C25H28ClN5O2. The Labute approximate surface area is 198 Å². The van der Waals surface area contributed by atoms with Gasteiger partial charge < -0.3 is 9.84 Å². The van der Waals surface area contributed by atoms with E-state index in [2.05, 4.69) is 49.5 Å². The van der Waals surface area contributed by atoms with Crippen LogP contribution in [0.25, 0.3) is 11.4 Å². The fraction of sp³-hybridized carbons (Fsp3) is 0.400. The fourth-order valence-corrected chi connectivity index (χ4v) is 4.49. The molecule has 3 aromatic rings. The number of benzene rings is 2. The largest absolute Gasteiger partial charge is 0.354 e. The van der Waals surface area contributed by atoms with Gasteiger partial charge in [-0.3, -0.25) is 14.6 Å². The van der Waals surface area contributed by atoms with E-state index >= 15 is 0 Å². The number of halogens is 1. The highest BCUT2D eigenvalue weighted by Crippen LogP contribution is 2.47. The molecule has 33 heavy (non-hydrogen) atoms. The van der Waals surface area contributed by atoms with Crippen LogP contribution in [0.4, 0.5) is 0 Å². The van der Waals surface area contributed by atoms with Crippen LogP contribution < -0.4 is 5.32 Å². The summed E-state index contributed by atoms with van der Waals surface area (Å²) in [5.41, 5.74) is 2.36. The summed E-state index contributed by atoms with van der Waals surface area (Å²) in [7, 11) is 0. The topological polar surface area (TPSA) is 74.5 Å². The van der Waals surface area contributed by atoms with Gasteiger partial charge in [0.2, 0.25) is 17.6 Å². The quantitative estimate of drug-likeness (QED) is 0.550. The maximum atomic E-state index is 12.5. The van der Waals surface area contributed by atoms with E-state index in [-0.39, 0.29) is 11.3 Å². The van der Waals surface area contributed by atoms with Crippen molar-refractivity contribution in [2.45, 2.75) is 24.8 Å². The van der Waals surface area contributed by atoms with Crippen LogP contribution in [0.5, 0.6) is 0 Å². The molecule has 172 valence electrons. The van der Waals surface area contributed by atoms with E-state index in [0.717, 1.165) is 51.1 Å². The minimum Gasteiger partial charge on any atom is -0.354 e. The lowest BCUT2D eigenvalue weighted by molar-refractivity contribution is -0.122. The Morgan fingerprint density at radius 3 is 2.39 bits per heavy atom. The van der Waals surface area contributed by atoms with E-state index < -0.39 is 0 Å². The number of nitrogens with one attached hydrogen (secondary N) is 1. The van der Waals surface area contributed by atoms with Crippen LogP contribution in [0.3, 0.4) is 0 Å². The lowest BCUT2D eigenvalue weighted by atomic mass is 9.96. The van der Waals surface area contributed by atoms with Gasteiger partial charge in [0.05, 0.1) is 13.1 Å². The van der Waals surface area contributed by atoms with Crippen molar-refractivity contribution in [1.82, 2.24) is 25.3 Å². The monoisotopic (exact) mass is 465 g/mol. The Morgan fingerprint density at radius 1 is 1.00 bits per heavy atom. The van der Waals surface area contributed by atoms with E-state index in [9.17, 15) is 4.79 Å². The van der Waals surface area contributed by atoms with Gasteiger partial charge in [0.1, 0.15) is 0 Å². The number of piperazine rings is 1. The average molecular weight is 466 g/mol. The Balaban J connectivity index is 1.05. The van der Waals surface area contributed by atoms with E-state index in [1.165, 1.54) is 5.56 Å². The summed E-state index contributed by atoms with van der Waals surface area (Å²) in [6, 6.07) is 17.9. The zero-order valence-electron chi connectivity index (χ0n) is 18.5. The maximum absolute atomic E-state index is 12.5. The smallest absolute Gasteiger partial charge is 0.241 e. The van der Waals surface area contributed by atoms with E-state index in [1.54, 1.807) is 0 Å². The molecule has 2 aliphatic rings. The third-order valence-corrected chi connectivity index (χ3v) is 6.88. The summed E-state index contributed by atoms with van der Waals surface area (Å²) in [5, 5.41) is 7.93. The molecule has 0 unspecified atom stereocenters. The number of rotatable bonds is 8. The van der Waals surface area contributed by atoms with Crippen molar-refractivity contribution in [1.29, 1.82) is 0 Å². The molecular weight excluding hydrogens is 438 g/mol. The molecule has 0 bridgehead atoms. The Morgan fingerprint density at radius 2 is 1.70 bits per heavy atom. The molecule has 1 saturated heterocycles. The highest BCUT2D eigenvalue weighted by atomic mass is 35.5. The van der Waals surface area contributed by atoms with Crippen LogP contribution in [-0.2, 0) is 16.8 Å². The van der Waals surface area contributed by atoms with Gasteiger partial charge in [-0.05, 0) is 42.7 Å². The highest BCUT2D eigenvalue weighted by Gasteiger charge is 2.44. The molecule has 2 heterocycles. The number of hydrogen-bond acceptors (Lipinski definition) is 6. The molecule has 1 aliphatic heterocycles. The average Bonchev–Trinajstić information content (AvgIpc) is 3.50. The van der Waals surface area contributed by atoms with Crippen molar-refractivity contribution in [3.8, 4) is 11.4 Å². The van der Waals surface area contributed by atoms with Gasteiger partial charge in [0.15, 0.2) is 0 Å². The van der Waals surface area contributed by atoms with Crippen molar-refractivity contribution >= 4 is 17.5 Å². The van der Waals surface area contributed by atoms with E-state index in [4.69, 9.17) is 16.1 Å². The minimum atomic E-state index is 0.107. The van der Waals surface area contributed by atoms with Crippen LogP contribution in [0.15, 0.2) is 59.1 Å². The first-order valence-corrected chi connectivity index (χ1v) is 11.8. The van der Waals surface area contributed by atoms with Crippen LogP contribution in [0.2, 0.25) is 5.02 Å². The molecule has 0 radical (unpaired) electrons. The number of nitrogens with zero attached hydrogens (tertiary/aromatic N) is 4. The fourth-order valence-electron chi connectivity index (χ4n) is 4.37. The zero-order chi connectivity index (χ0) is 22.7. The molecule has 0 spiro atoms. The summed E-state index contributed by atoms with van der Waals surface area (Å²) in [6.45, 7) is 5.19. The third kappa shape index (κ3) is 5.43. The van der Waals surface area contributed by atoms with Gasteiger partial charge >= 0.3 is 0 Å². The first-order valence-electron chi connectivity index (χ1n) is 11.5. The van der Waals surface area contributed by atoms with E-state index in [1.807, 2.05) is 30.3 Å². The summed E-state index contributed by atoms with van der Waals surface area (Å²) < 4.78 is 5.44. The van der Waals surface area contributed by atoms with E-state index in [0.29, 0.717) is 29.8 Å². The normalized spacial score (nSPS) is 18.2. The summed E-state index contributed by atoms with van der Waals surface area (Å²) >= 11 is 5.94. The number of carbonyl (C=O) groups is 1. The second kappa shape index (κ2) is 9.63. The molecule has 1 amide bonds. The van der Waals surface area contributed by atoms with Crippen molar-refractivity contribution in [2.75, 3.05) is 39.3 Å². The molecule has 1 aliphatic carbocycles. The van der Waals surface area contributed by atoms with Crippen molar-refractivity contribution < 1.29 is 9.32 Å². The Hall–Kier alpha value is -2.74. The van der Waals surface area contributed by atoms with Gasteiger partial charge in [0.25, 0.3) is 0 Å². The molecule has 0 atom stereocenters. The van der Waals surface area contributed by atoms with Gasteiger partial charge in [-0.25, -0.2) is 0 Å². The molecule has 1 saturated carbocycles. The van der Waals surface area contributed by atoms with Crippen LogP contribution in [0.1, 0.15) is 24.3 Å². The van der Waals surface area contributed by atoms with Crippen molar-refractivity contribution in [3.05, 3.63) is 71.1 Å². The predicted molar refractivity (Wildman–Crippen MR) is 127 cm³/mol. The first kappa shape index (κ1) is 22.1. The standard InChI is InChI=1S/C25H28ClN5O2/c26-21-8-6-19(7-9-21)24-28-23(33-29-24)17-31-14-12-30(13-15-31)16-22(32)27-18-25(10-11-25)20-4-2-1-3-5-20/h1-9H,10-18H2,(H,27,32). The number of amides is 1. The van der Waals surface area contributed by atoms with Crippen LogP contribution in [0, 0.1) is 0 Å². The zero-order valence-corrected chi connectivity index (χ0v) is 19.3. The molecule has 1 N–H and O–H groups in total. The van der Waals surface area contributed by atoms with Gasteiger partial charge in [-0.15, -0.1) is 0 Å². The van der Waals surface area contributed by atoms with Crippen LogP contribution >= 0.6 is 11.6 Å². The van der Waals surface area contributed by atoms with Crippen molar-refractivity contribution in [2.24, 2.45) is 0 Å². The second-order valence-corrected chi connectivity index (χ2v) is 9.43. The van der Waals surface area contributed by atoms with Crippen molar-refractivity contribution in [3.63, 3.8) is 0 Å². The first-order chi connectivity index (χ1) is 16.1. The SMILES string of the molecule is O=C(CN1CCN(Cc2nc(-c3ccc(Cl)cc3)no2)CC1)NCC1(c2ccccc2)CC1. The maximum Gasteiger partial charge on any atom is 0.241 e. The van der Waals surface area contributed by atoms with Gasteiger partial charge in [-0.2, -0.15) is 4.98 Å². The second-order valence-electron chi connectivity index (χ2n) is 8.99. The molecule has 1 aromatic heterocycles. The highest BCUT2D eigenvalue weighted by molar-refractivity contribution is 6.30. The third-order valence-electron chi connectivity index (χ3n) is 6.63. The van der Waals surface area contributed by atoms with Crippen LogP contribution in [-0.4, -0.2) is 65.1 Å². The predicted octanol–water partition coefficient (Wildman–Crippen LogP) is 3.36. The lowest BCUT2D eigenvalue weighted by Gasteiger charge is -2.33. The molecule has 2 fully saturated rings. The van der Waals surface area contributed by atoms with Gasteiger partial charge in [0, 0.05) is 48.7 Å². The summed E-state index contributed by atoms with van der Waals surface area (Å²) in [5.74, 6) is 1.28. The molecule has 5 rings (SSSR count). The molecule has 2 aromatic carbocycles.